The van der Waals surface area contributed by atoms with Crippen LogP contribution in [0, 0.1) is 5.82 Å². The molecule has 4 atom stereocenters. The van der Waals surface area contributed by atoms with Crippen LogP contribution in [0.4, 0.5) is 4.39 Å². The summed E-state index contributed by atoms with van der Waals surface area (Å²) in [6.45, 7) is 5.79. The topological polar surface area (TPSA) is 46.1 Å². The minimum atomic E-state index is -0.226. The van der Waals surface area contributed by atoms with Crippen molar-refractivity contribution < 1.29 is 13.9 Å². The van der Waals surface area contributed by atoms with Crippen molar-refractivity contribution in [3.8, 4) is 0 Å². The maximum atomic E-state index is 14.2. The third-order valence-electron chi connectivity index (χ3n) is 5.56. The fourth-order valence-electron chi connectivity index (χ4n) is 4.08. The molecular weight excluding hydrogens is 496 g/mol. The van der Waals surface area contributed by atoms with Gasteiger partial charge >= 0.3 is 0 Å². The van der Waals surface area contributed by atoms with Gasteiger partial charge in [0.2, 0.25) is 0 Å². The third kappa shape index (κ3) is 4.91. The number of guanidine groups is 1. The molecule has 0 amide bonds. The van der Waals surface area contributed by atoms with E-state index in [1.165, 1.54) is 6.07 Å². The molecule has 1 saturated carbocycles. The first-order valence-electron chi connectivity index (χ1n) is 9.90. The van der Waals surface area contributed by atoms with Gasteiger partial charge in [-0.1, -0.05) is 17.7 Å². The molecule has 1 aromatic rings. The van der Waals surface area contributed by atoms with Gasteiger partial charge < -0.3 is 19.7 Å². The first-order chi connectivity index (χ1) is 13.2. The zero-order chi connectivity index (χ0) is 18.8. The molecule has 1 aliphatic carbocycles. The first-order valence-corrected chi connectivity index (χ1v) is 10.3. The third-order valence-corrected chi connectivity index (χ3v) is 5.89. The van der Waals surface area contributed by atoms with Crippen molar-refractivity contribution in [2.45, 2.75) is 50.4 Å². The van der Waals surface area contributed by atoms with Gasteiger partial charge in [-0.15, -0.1) is 24.0 Å². The van der Waals surface area contributed by atoms with Crippen molar-refractivity contribution in [1.29, 1.82) is 0 Å². The van der Waals surface area contributed by atoms with Crippen LogP contribution in [-0.4, -0.2) is 62.0 Å². The SMILES string of the molecule is CCN=C(NC1CC1c1c(F)cccc1Cl)N1CCOC(C2CCCO2)C1.I. The van der Waals surface area contributed by atoms with Gasteiger partial charge in [0.15, 0.2) is 5.96 Å². The van der Waals surface area contributed by atoms with E-state index in [1.807, 2.05) is 6.92 Å². The van der Waals surface area contributed by atoms with Crippen molar-refractivity contribution in [3.05, 3.63) is 34.6 Å². The second kappa shape index (κ2) is 9.91. The standard InChI is InChI=1S/C20H27ClFN3O2.HI/c1-2-23-20(25-8-10-27-18(12-25)17-7-4-9-26-17)24-16-11-13(16)19-14(21)5-3-6-15(19)22;/h3,5-6,13,16-18H,2,4,7-12H2,1H3,(H,23,24);1H. The fourth-order valence-corrected chi connectivity index (χ4v) is 4.38. The lowest BCUT2D eigenvalue weighted by Gasteiger charge is -2.37. The average molecular weight is 524 g/mol. The molecule has 3 fully saturated rings. The summed E-state index contributed by atoms with van der Waals surface area (Å²) in [6, 6.07) is 5.04. The molecule has 3 aliphatic rings. The molecule has 2 heterocycles. The van der Waals surface area contributed by atoms with E-state index in [-0.39, 0.29) is 54.0 Å². The Labute approximate surface area is 188 Å². The molecule has 4 unspecified atom stereocenters. The Kier molecular flexibility index (Phi) is 7.81. The number of morpholine rings is 1. The lowest BCUT2D eigenvalue weighted by atomic mass is 10.1. The number of halogens is 3. The van der Waals surface area contributed by atoms with Crippen molar-refractivity contribution in [2.75, 3.05) is 32.8 Å². The predicted molar refractivity (Wildman–Crippen MR) is 119 cm³/mol. The van der Waals surface area contributed by atoms with E-state index in [9.17, 15) is 4.39 Å². The van der Waals surface area contributed by atoms with E-state index < -0.39 is 0 Å². The maximum absolute atomic E-state index is 14.2. The van der Waals surface area contributed by atoms with E-state index in [0.717, 1.165) is 44.9 Å². The lowest BCUT2D eigenvalue weighted by molar-refractivity contribution is -0.0817. The number of hydrogen-bond acceptors (Lipinski definition) is 3. The van der Waals surface area contributed by atoms with Gasteiger partial charge in [-0.25, -0.2) is 4.39 Å². The summed E-state index contributed by atoms with van der Waals surface area (Å²) in [6.07, 6.45) is 3.29. The Bertz CT molecular complexity index is 682. The fraction of sp³-hybridized carbons (Fsp3) is 0.650. The zero-order valence-electron chi connectivity index (χ0n) is 16.1. The first kappa shape index (κ1) is 22.1. The molecule has 0 bridgehead atoms. The number of nitrogens with zero attached hydrogens (tertiary/aromatic N) is 2. The highest BCUT2D eigenvalue weighted by Crippen LogP contribution is 2.45. The molecule has 4 rings (SSSR count). The summed E-state index contributed by atoms with van der Waals surface area (Å²) in [5, 5.41) is 4.03. The second-order valence-electron chi connectivity index (χ2n) is 7.43. The van der Waals surface area contributed by atoms with Crippen molar-refractivity contribution in [3.63, 3.8) is 0 Å². The van der Waals surface area contributed by atoms with Gasteiger partial charge in [0, 0.05) is 48.8 Å². The van der Waals surface area contributed by atoms with Crippen LogP contribution in [0.25, 0.3) is 0 Å². The molecule has 1 N–H and O–H groups in total. The van der Waals surface area contributed by atoms with Crippen LogP contribution in [0.1, 0.15) is 37.7 Å². The summed E-state index contributed by atoms with van der Waals surface area (Å²) < 4.78 is 25.9. The molecule has 28 heavy (non-hydrogen) atoms. The second-order valence-corrected chi connectivity index (χ2v) is 7.84. The predicted octanol–water partition coefficient (Wildman–Crippen LogP) is 3.80. The molecule has 2 saturated heterocycles. The minimum absolute atomic E-state index is 0. The van der Waals surface area contributed by atoms with Crippen LogP contribution >= 0.6 is 35.6 Å². The zero-order valence-corrected chi connectivity index (χ0v) is 19.2. The smallest absolute Gasteiger partial charge is 0.194 e. The summed E-state index contributed by atoms with van der Waals surface area (Å²) in [7, 11) is 0. The van der Waals surface area contributed by atoms with Gasteiger partial charge in [-0.2, -0.15) is 0 Å². The van der Waals surface area contributed by atoms with Gasteiger partial charge in [0.1, 0.15) is 11.9 Å². The van der Waals surface area contributed by atoms with Crippen LogP contribution in [0.3, 0.4) is 0 Å². The van der Waals surface area contributed by atoms with E-state index in [1.54, 1.807) is 12.1 Å². The molecular formula is C20H28ClFIN3O2. The van der Waals surface area contributed by atoms with Crippen molar-refractivity contribution >= 4 is 41.5 Å². The van der Waals surface area contributed by atoms with Crippen LogP contribution in [0.2, 0.25) is 5.02 Å². The minimum Gasteiger partial charge on any atom is -0.375 e. The molecule has 0 aromatic heterocycles. The van der Waals surface area contributed by atoms with Gasteiger partial charge in [0.25, 0.3) is 0 Å². The number of ether oxygens (including phenoxy) is 2. The Morgan fingerprint density at radius 1 is 1.32 bits per heavy atom. The summed E-state index contributed by atoms with van der Waals surface area (Å²) in [5.41, 5.74) is 0.617. The Balaban J connectivity index is 0.00000225. The summed E-state index contributed by atoms with van der Waals surface area (Å²) >= 11 is 6.23. The molecule has 1 aromatic carbocycles. The van der Waals surface area contributed by atoms with Crippen LogP contribution in [0.5, 0.6) is 0 Å². The van der Waals surface area contributed by atoms with Gasteiger partial charge in [0.05, 0.1) is 12.7 Å². The largest absolute Gasteiger partial charge is 0.375 e. The number of nitrogens with one attached hydrogen (secondary N) is 1. The molecule has 2 aliphatic heterocycles. The highest BCUT2D eigenvalue weighted by Gasteiger charge is 2.43. The Morgan fingerprint density at radius 3 is 2.86 bits per heavy atom. The summed E-state index contributed by atoms with van der Waals surface area (Å²) in [5.74, 6) is 0.745. The van der Waals surface area contributed by atoms with E-state index in [4.69, 9.17) is 21.1 Å². The van der Waals surface area contributed by atoms with Crippen molar-refractivity contribution in [1.82, 2.24) is 10.2 Å². The number of benzene rings is 1. The van der Waals surface area contributed by atoms with E-state index in [2.05, 4.69) is 15.2 Å². The summed E-state index contributed by atoms with van der Waals surface area (Å²) in [4.78, 5) is 6.92. The Morgan fingerprint density at radius 2 is 2.14 bits per heavy atom. The molecule has 0 spiro atoms. The average Bonchev–Trinajstić information content (AvgIpc) is 3.18. The number of aliphatic imine (C=N–C) groups is 1. The van der Waals surface area contributed by atoms with E-state index in [0.29, 0.717) is 23.7 Å². The highest BCUT2D eigenvalue weighted by molar-refractivity contribution is 14.0. The highest BCUT2D eigenvalue weighted by atomic mass is 127. The van der Waals surface area contributed by atoms with Crippen LogP contribution in [0.15, 0.2) is 23.2 Å². The molecule has 0 radical (unpaired) electrons. The normalized spacial score (nSPS) is 30.1. The van der Waals surface area contributed by atoms with Gasteiger partial charge in [-0.3, -0.25) is 4.99 Å². The van der Waals surface area contributed by atoms with Crippen LogP contribution < -0.4 is 5.32 Å². The van der Waals surface area contributed by atoms with Crippen molar-refractivity contribution in [2.24, 2.45) is 4.99 Å². The number of rotatable bonds is 4. The number of hydrogen-bond donors (Lipinski definition) is 1. The molecule has 8 heteroatoms. The van der Waals surface area contributed by atoms with Crippen LogP contribution in [-0.2, 0) is 9.47 Å². The van der Waals surface area contributed by atoms with Gasteiger partial charge in [-0.05, 0) is 38.3 Å². The monoisotopic (exact) mass is 523 g/mol. The maximum Gasteiger partial charge on any atom is 0.194 e. The lowest BCUT2D eigenvalue weighted by Crippen LogP contribution is -2.53. The van der Waals surface area contributed by atoms with E-state index >= 15 is 0 Å². The molecule has 156 valence electrons. The quantitative estimate of drug-likeness (QED) is 0.371. The molecule has 5 nitrogen and oxygen atoms in total. The Hall–Kier alpha value is -0.640.